The van der Waals surface area contributed by atoms with Gasteiger partial charge >= 0.3 is 5.95 Å². The molecular weight excluding hydrogens is 272 g/mol. The summed E-state index contributed by atoms with van der Waals surface area (Å²) < 4.78 is 7.04. The smallest absolute Gasteiger partial charge is 0.230 e. The van der Waals surface area contributed by atoms with Crippen LogP contribution in [-0.2, 0) is 20.0 Å². The van der Waals surface area contributed by atoms with Gasteiger partial charge in [0.2, 0.25) is 0 Å². The van der Waals surface area contributed by atoms with Crippen LogP contribution in [0, 0.1) is 6.92 Å². The quantitative estimate of drug-likeness (QED) is 0.457. The molecule has 1 aliphatic rings. The van der Waals surface area contributed by atoms with Crippen molar-refractivity contribution in [3.05, 3.63) is 53.9 Å². The van der Waals surface area contributed by atoms with E-state index in [9.17, 15) is 0 Å². The first-order chi connectivity index (χ1) is 10.8. The van der Waals surface area contributed by atoms with E-state index in [-0.39, 0.29) is 0 Å². The third-order valence-electron chi connectivity index (χ3n) is 4.78. The van der Waals surface area contributed by atoms with Crippen LogP contribution in [0.3, 0.4) is 0 Å². The van der Waals surface area contributed by atoms with Gasteiger partial charge in [0.25, 0.3) is 0 Å². The van der Waals surface area contributed by atoms with Gasteiger partial charge in [-0.1, -0.05) is 24.3 Å². The highest BCUT2D eigenvalue weighted by Crippen LogP contribution is 2.29. The van der Waals surface area contributed by atoms with E-state index in [1.165, 1.54) is 28.1 Å². The maximum atomic E-state index is 4.86. The SMILES string of the molecule is Cc1cccc2nc3n(c12)-c1n(c2ccccc2[n+]1C)CC3. The first kappa shape index (κ1) is 12.0. The third kappa shape index (κ3) is 1.32. The summed E-state index contributed by atoms with van der Waals surface area (Å²) in [4.78, 5) is 4.86. The van der Waals surface area contributed by atoms with Gasteiger partial charge < -0.3 is 0 Å². The summed E-state index contributed by atoms with van der Waals surface area (Å²) in [5.41, 5.74) is 6.15. The zero-order valence-electron chi connectivity index (χ0n) is 12.7. The predicted molar refractivity (Wildman–Crippen MR) is 86.2 cm³/mol. The molecule has 0 radical (unpaired) electrons. The van der Waals surface area contributed by atoms with Crippen molar-refractivity contribution in [3.63, 3.8) is 0 Å². The van der Waals surface area contributed by atoms with E-state index in [4.69, 9.17) is 4.98 Å². The number of nitrogens with zero attached hydrogens (tertiary/aromatic N) is 4. The van der Waals surface area contributed by atoms with Gasteiger partial charge in [-0.05, 0) is 30.7 Å². The summed E-state index contributed by atoms with van der Waals surface area (Å²) in [7, 11) is 2.15. The van der Waals surface area contributed by atoms with E-state index < -0.39 is 0 Å². The average Bonchev–Trinajstić information content (AvgIpc) is 3.05. The molecule has 0 amide bonds. The molecule has 4 aromatic rings. The number of fused-ring (bicyclic) bond motifs is 7. The Balaban J connectivity index is 2.00. The van der Waals surface area contributed by atoms with Gasteiger partial charge in [0.15, 0.2) is 5.82 Å². The summed E-state index contributed by atoms with van der Waals surface area (Å²) in [6.45, 7) is 3.15. The minimum absolute atomic E-state index is 0.972. The molecule has 1 aliphatic heterocycles. The Bertz CT molecular complexity index is 1050. The molecule has 0 fully saturated rings. The number of aromatic nitrogens is 4. The van der Waals surface area contributed by atoms with Crippen LogP contribution in [0.2, 0.25) is 0 Å². The molecule has 0 aliphatic carbocycles. The maximum Gasteiger partial charge on any atom is 0.371 e. The van der Waals surface area contributed by atoms with Crippen molar-refractivity contribution in [3.8, 4) is 5.95 Å². The maximum absolute atomic E-state index is 4.86. The first-order valence-corrected chi connectivity index (χ1v) is 7.70. The van der Waals surface area contributed by atoms with Gasteiger partial charge in [-0.25, -0.2) is 14.1 Å². The summed E-state index contributed by atoms with van der Waals surface area (Å²) >= 11 is 0. The molecule has 0 saturated heterocycles. The lowest BCUT2D eigenvalue weighted by molar-refractivity contribution is -0.640. The molecule has 3 heterocycles. The standard InChI is InChI=1S/C18H17N4/c1-12-6-5-7-13-17(12)22-16(19-13)10-11-21-15-9-4-3-8-14(15)20(2)18(21)22/h3-9H,10-11H2,1-2H3/q+1. The Hall–Kier alpha value is -2.62. The molecular formula is C18H17N4+. The van der Waals surface area contributed by atoms with Crippen LogP contribution in [0.4, 0.5) is 0 Å². The summed E-state index contributed by atoms with van der Waals surface area (Å²) in [5.74, 6) is 2.37. The molecule has 4 nitrogen and oxygen atoms in total. The van der Waals surface area contributed by atoms with Crippen molar-refractivity contribution in [2.24, 2.45) is 7.05 Å². The van der Waals surface area contributed by atoms with Gasteiger partial charge in [-0.3, -0.25) is 0 Å². The Labute approximate surface area is 128 Å². The van der Waals surface area contributed by atoms with Crippen molar-refractivity contribution >= 4 is 22.1 Å². The minimum Gasteiger partial charge on any atom is -0.230 e. The van der Waals surface area contributed by atoms with Crippen LogP contribution in [0.5, 0.6) is 0 Å². The van der Waals surface area contributed by atoms with Crippen LogP contribution >= 0.6 is 0 Å². The van der Waals surface area contributed by atoms with Crippen molar-refractivity contribution in [2.45, 2.75) is 19.9 Å². The molecule has 2 aromatic carbocycles. The topological polar surface area (TPSA) is 26.6 Å². The second-order valence-corrected chi connectivity index (χ2v) is 6.06. The third-order valence-corrected chi connectivity index (χ3v) is 4.78. The number of rotatable bonds is 0. The monoisotopic (exact) mass is 289 g/mol. The Morgan fingerprint density at radius 2 is 1.95 bits per heavy atom. The molecule has 0 saturated carbocycles. The Morgan fingerprint density at radius 1 is 1.09 bits per heavy atom. The van der Waals surface area contributed by atoms with Gasteiger partial charge in [-0.2, -0.15) is 4.57 Å². The second-order valence-electron chi connectivity index (χ2n) is 6.06. The van der Waals surface area contributed by atoms with E-state index >= 15 is 0 Å². The summed E-state index contributed by atoms with van der Waals surface area (Å²) in [6.07, 6.45) is 0.972. The number of hydrogen-bond acceptors (Lipinski definition) is 1. The van der Waals surface area contributed by atoms with Gasteiger partial charge in [0.1, 0.15) is 22.1 Å². The van der Waals surface area contributed by atoms with E-state index in [0.717, 1.165) is 24.3 Å². The lowest BCUT2D eigenvalue weighted by atomic mass is 10.2. The number of para-hydroxylation sites is 3. The molecule has 5 rings (SSSR count). The summed E-state index contributed by atoms with van der Waals surface area (Å²) in [5, 5.41) is 0. The Kier molecular flexibility index (Phi) is 2.16. The highest BCUT2D eigenvalue weighted by Gasteiger charge is 2.32. The molecule has 0 spiro atoms. The lowest BCUT2D eigenvalue weighted by Gasteiger charge is -2.12. The fourth-order valence-corrected chi connectivity index (χ4v) is 3.80. The van der Waals surface area contributed by atoms with Crippen molar-refractivity contribution in [2.75, 3.05) is 0 Å². The van der Waals surface area contributed by atoms with Gasteiger partial charge in [0.05, 0.1) is 20.0 Å². The van der Waals surface area contributed by atoms with Gasteiger partial charge in [-0.15, -0.1) is 0 Å². The second kappa shape index (κ2) is 3.97. The molecule has 22 heavy (non-hydrogen) atoms. The van der Waals surface area contributed by atoms with E-state index in [0.29, 0.717) is 0 Å². The molecule has 0 bridgehead atoms. The summed E-state index contributed by atoms with van der Waals surface area (Å²) in [6, 6.07) is 15.0. The van der Waals surface area contributed by atoms with Crippen LogP contribution in [0.1, 0.15) is 11.4 Å². The average molecular weight is 289 g/mol. The predicted octanol–water partition coefficient (Wildman–Crippen LogP) is 2.67. The molecule has 108 valence electrons. The first-order valence-electron chi connectivity index (χ1n) is 7.70. The number of hydrogen-bond donors (Lipinski definition) is 0. The van der Waals surface area contributed by atoms with Crippen LogP contribution < -0.4 is 4.57 Å². The largest absolute Gasteiger partial charge is 0.371 e. The zero-order chi connectivity index (χ0) is 14.8. The van der Waals surface area contributed by atoms with E-state index in [1.54, 1.807) is 0 Å². The fourth-order valence-electron chi connectivity index (χ4n) is 3.80. The normalized spacial score (nSPS) is 13.5. The van der Waals surface area contributed by atoms with Crippen LogP contribution in [0.15, 0.2) is 42.5 Å². The Morgan fingerprint density at radius 3 is 2.86 bits per heavy atom. The molecule has 2 aromatic heterocycles. The highest BCUT2D eigenvalue weighted by atomic mass is 15.3. The molecule has 0 N–H and O–H groups in total. The molecule has 0 unspecified atom stereocenters. The number of aryl methyl sites for hydroxylation is 4. The number of imidazole rings is 2. The molecule has 0 atom stereocenters. The number of benzene rings is 2. The van der Waals surface area contributed by atoms with E-state index in [1.807, 2.05) is 0 Å². The zero-order valence-corrected chi connectivity index (χ0v) is 12.7. The van der Waals surface area contributed by atoms with Crippen molar-refractivity contribution < 1.29 is 4.57 Å². The lowest BCUT2D eigenvalue weighted by Crippen LogP contribution is -2.36. The van der Waals surface area contributed by atoms with Crippen LogP contribution in [0.25, 0.3) is 28.0 Å². The van der Waals surface area contributed by atoms with Crippen LogP contribution in [-0.4, -0.2) is 14.1 Å². The van der Waals surface area contributed by atoms with Gasteiger partial charge in [0, 0.05) is 0 Å². The molecule has 4 heteroatoms. The fraction of sp³-hybridized carbons (Fsp3) is 0.222. The van der Waals surface area contributed by atoms with E-state index in [2.05, 4.69) is 70.1 Å². The van der Waals surface area contributed by atoms with Crippen molar-refractivity contribution in [1.82, 2.24) is 14.1 Å². The van der Waals surface area contributed by atoms with Crippen molar-refractivity contribution in [1.29, 1.82) is 0 Å². The highest BCUT2D eigenvalue weighted by molar-refractivity contribution is 5.82. The minimum atomic E-state index is 0.972.